The average Bonchev–Trinajstić information content (AvgIpc) is 2.16. The number of rotatable bonds is 4. The molecule has 0 saturated heterocycles. The second-order valence-electron chi connectivity index (χ2n) is 4.98. The third kappa shape index (κ3) is 4.45. The van der Waals surface area contributed by atoms with E-state index in [0.717, 1.165) is 0 Å². The summed E-state index contributed by atoms with van der Waals surface area (Å²) in [6.07, 6.45) is -0.211. The quantitative estimate of drug-likeness (QED) is 0.369. The Balaban J connectivity index is 0.00000289. The summed E-state index contributed by atoms with van der Waals surface area (Å²) in [5.74, 6) is 0. The Morgan fingerprint density at radius 3 is 2.00 bits per heavy atom. The van der Waals surface area contributed by atoms with Gasteiger partial charge < -0.3 is 22.6 Å². The molecule has 0 fully saturated rings. The number of nitrogen functional groups attached to an aromatic ring is 1. The fourth-order valence-electron chi connectivity index (χ4n) is 1.10. The Labute approximate surface area is 115 Å². The van der Waals surface area contributed by atoms with Crippen LogP contribution < -0.4 is 22.9 Å². The van der Waals surface area contributed by atoms with Crippen LogP contribution >= 0.6 is 0 Å². The number of quaternary nitrogens is 1. The van der Waals surface area contributed by atoms with Gasteiger partial charge in [0.1, 0.15) is 0 Å². The van der Waals surface area contributed by atoms with Crippen LogP contribution in [0.3, 0.4) is 0 Å². The highest BCUT2D eigenvalue weighted by Crippen LogP contribution is 2.13. The lowest BCUT2D eigenvalue weighted by Gasteiger charge is -2.31. The molecule has 0 heterocycles. The second kappa shape index (κ2) is 5.88. The molecule has 104 valence electrons. The van der Waals surface area contributed by atoms with Gasteiger partial charge in [0, 0.05) is 12.6 Å². The molecule has 1 rings (SSSR count). The minimum absolute atomic E-state index is 0. The first-order chi connectivity index (χ1) is 7.63. The van der Waals surface area contributed by atoms with E-state index < -0.39 is 10.0 Å². The zero-order valence-electron chi connectivity index (χ0n) is 11.0. The minimum Gasteiger partial charge on any atom is -1.00 e. The molecule has 0 bridgehead atoms. The van der Waals surface area contributed by atoms with Crippen LogP contribution in [0.15, 0.2) is 29.2 Å². The zero-order chi connectivity index (χ0) is 13.3. The standard InChI is InChI=1S/C11H20N3O2S.ClH/c1-9(14(2,3)4)13-17(15,16)11-7-5-10(12)6-8-11;/h5-9,13H,12H2,1-4H3;1H/q+1;/p-1. The van der Waals surface area contributed by atoms with Gasteiger partial charge in [-0.1, -0.05) is 0 Å². The lowest BCUT2D eigenvalue weighted by atomic mass is 10.3. The third-order valence-corrected chi connectivity index (χ3v) is 4.22. The summed E-state index contributed by atoms with van der Waals surface area (Å²) in [4.78, 5) is 0.229. The number of nitrogens with two attached hydrogens (primary N) is 1. The van der Waals surface area contributed by atoms with E-state index >= 15 is 0 Å². The maximum absolute atomic E-state index is 12.0. The monoisotopic (exact) mass is 293 g/mol. The number of hydrogen-bond acceptors (Lipinski definition) is 3. The van der Waals surface area contributed by atoms with E-state index in [4.69, 9.17) is 5.73 Å². The molecule has 18 heavy (non-hydrogen) atoms. The molecule has 0 aliphatic carbocycles. The molecule has 0 saturated carbocycles. The van der Waals surface area contributed by atoms with Crippen molar-refractivity contribution in [2.45, 2.75) is 18.0 Å². The van der Waals surface area contributed by atoms with Gasteiger partial charge in [-0.25, -0.2) is 8.42 Å². The van der Waals surface area contributed by atoms with Gasteiger partial charge in [-0.15, -0.1) is 0 Å². The molecule has 0 aliphatic heterocycles. The first-order valence-corrected chi connectivity index (χ1v) is 6.80. The first-order valence-electron chi connectivity index (χ1n) is 5.32. The van der Waals surface area contributed by atoms with Crippen LogP contribution in [0.1, 0.15) is 6.92 Å². The zero-order valence-corrected chi connectivity index (χ0v) is 12.6. The van der Waals surface area contributed by atoms with Crippen LogP contribution in [0.4, 0.5) is 5.69 Å². The maximum Gasteiger partial charge on any atom is 0.245 e. The van der Waals surface area contributed by atoms with Crippen LogP contribution in [0.5, 0.6) is 0 Å². The fourth-order valence-corrected chi connectivity index (χ4v) is 2.49. The maximum atomic E-state index is 12.0. The summed E-state index contributed by atoms with van der Waals surface area (Å²) in [6, 6.07) is 6.15. The number of benzene rings is 1. The Hall–Kier alpha value is -0.820. The number of nitrogens with one attached hydrogen (secondary N) is 1. The van der Waals surface area contributed by atoms with Crippen molar-refractivity contribution in [3.05, 3.63) is 24.3 Å². The summed E-state index contributed by atoms with van der Waals surface area (Å²) in [5, 5.41) is 0. The fraction of sp³-hybridized carbons (Fsp3) is 0.455. The molecular weight excluding hydrogens is 274 g/mol. The SMILES string of the molecule is CC(NS(=O)(=O)c1ccc(N)cc1)[N+](C)(C)C.[Cl-]. The van der Waals surface area contributed by atoms with Crippen LogP contribution in [-0.4, -0.2) is 40.2 Å². The van der Waals surface area contributed by atoms with Crippen molar-refractivity contribution in [1.29, 1.82) is 0 Å². The lowest BCUT2D eigenvalue weighted by molar-refractivity contribution is -0.895. The molecule has 3 N–H and O–H groups in total. The molecule has 1 aromatic rings. The lowest BCUT2D eigenvalue weighted by Crippen LogP contribution is -3.00. The van der Waals surface area contributed by atoms with Crippen molar-refractivity contribution in [3.8, 4) is 0 Å². The van der Waals surface area contributed by atoms with E-state index in [1.165, 1.54) is 12.1 Å². The van der Waals surface area contributed by atoms with E-state index in [0.29, 0.717) is 10.2 Å². The van der Waals surface area contributed by atoms with Gasteiger partial charge in [-0.2, -0.15) is 4.72 Å². The van der Waals surface area contributed by atoms with Crippen molar-refractivity contribution in [3.63, 3.8) is 0 Å². The smallest absolute Gasteiger partial charge is 0.245 e. The Bertz CT molecular complexity index is 480. The number of sulfonamides is 1. The van der Waals surface area contributed by atoms with Gasteiger partial charge in [0.2, 0.25) is 10.0 Å². The van der Waals surface area contributed by atoms with Crippen LogP contribution in [-0.2, 0) is 10.0 Å². The number of halogens is 1. The minimum atomic E-state index is -3.48. The third-order valence-electron chi connectivity index (χ3n) is 2.68. The van der Waals surface area contributed by atoms with E-state index in [9.17, 15) is 8.42 Å². The predicted octanol–water partition coefficient (Wildman–Crippen LogP) is -2.40. The van der Waals surface area contributed by atoms with E-state index in [1.54, 1.807) is 12.1 Å². The molecule has 0 amide bonds. The molecule has 1 aromatic carbocycles. The molecule has 0 spiro atoms. The van der Waals surface area contributed by atoms with Crippen molar-refractivity contribution in [2.75, 3.05) is 26.9 Å². The molecule has 7 heteroatoms. The first kappa shape index (κ1) is 17.2. The van der Waals surface area contributed by atoms with E-state index in [-0.39, 0.29) is 23.5 Å². The normalized spacial score (nSPS) is 13.8. The van der Waals surface area contributed by atoms with Crippen molar-refractivity contribution in [1.82, 2.24) is 4.72 Å². The molecular formula is C11H20ClN3O2S. The summed E-state index contributed by atoms with van der Waals surface area (Å²) in [6.45, 7) is 1.83. The van der Waals surface area contributed by atoms with Crippen molar-refractivity contribution < 1.29 is 25.3 Å². The summed E-state index contributed by atoms with van der Waals surface area (Å²) < 4.78 is 27.2. The Morgan fingerprint density at radius 2 is 1.61 bits per heavy atom. The molecule has 1 unspecified atom stereocenters. The highest BCUT2D eigenvalue weighted by atomic mass is 35.5. The highest BCUT2D eigenvalue weighted by Gasteiger charge is 2.25. The van der Waals surface area contributed by atoms with Crippen molar-refractivity contribution in [2.24, 2.45) is 0 Å². The van der Waals surface area contributed by atoms with Gasteiger partial charge in [0.25, 0.3) is 0 Å². The average molecular weight is 294 g/mol. The molecule has 0 radical (unpaired) electrons. The number of hydrogen-bond donors (Lipinski definition) is 2. The number of nitrogens with zero attached hydrogens (tertiary/aromatic N) is 1. The van der Waals surface area contributed by atoms with E-state index in [2.05, 4.69) is 4.72 Å². The van der Waals surface area contributed by atoms with Gasteiger partial charge in [0.15, 0.2) is 6.17 Å². The predicted molar refractivity (Wildman–Crippen MR) is 68.7 cm³/mol. The second-order valence-corrected chi connectivity index (χ2v) is 6.70. The molecule has 0 aromatic heterocycles. The summed E-state index contributed by atoms with van der Waals surface area (Å²) in [5.41, 5.74) is 6.07. The Kier molecular flexibility index (Phi) is 5.61. The van der Waals surface area contributed by atoms with Gasteiger partial charge in [-0.05, 0) is 24.3 Å². The summed E-state index contributed by atoms with van der Waals surface area (Å²) in [7, 11) is 2.30. The van der Waals surface area contributed by atoms with Crippen LogP contribution in [0.2, 0.25) is 0 Å². The molecule has 0 aliphatic rings. The molecule has 1 atom stereocenters. The topological polar surface area (TPSA) is 72.2 Å². The summed E-state index contributed by atoms with van der Waals surface area (Å²) >= 11 is 0. The van der Waals surface area contributed by atoms with Crippen LogP contribution in [0.25, 0.3) is 0 Å². The van der Waals surface area contributed by atoms with E-state index in [1.807, 2.05) is 28.1 Å². The van der Waals surface area contributed by atoms with Crippen LogP contribution in [0, 0.1) is 0 Å². The van der Waals surface area contributed by atoms with Gasteiger partial charge in [-0.3, -0.25) is 0 Å². The van der Waals surface area contributed by atoms with Gasteiger partial charge in [0.05, 0.1) is 26.0 Å². The Morgan fingerprint density at radius 1 is 1.17 bits per heavy atom. The highest BCUT2D eigenvalue weighted by molar-refractivity contribution is 7.89. The van der Waals surface area contributed by atoms with Crippen molar-refractivity contribution >= 4 is 15.7 Å². The number of anilines is 1. The largest absolute Gasteiger partial charge is 1.00 e. The molecule has 5 nitrogen and oxygen atoms in total. The van der Waals surface area contributed by atoms with Gasteiger partial charge >= 0.3 is 0 Å².